The summed E-state index contributed by atoms with van der Waals surface area (Å²) in [5, 5.41) is 3.29. The molecular weight excluding hydrogens is 267 g/mol. The Hall–Kier alpha value is 0.320. The average Bonchev–Trinajstić information content (AvgIpc) is 2.06. The van der Waals surface area contributed by atoms with E-state index in [0.29, 0.717) is 5.92 Å². The van der Waals surface area contributed by atoms with Crippen molar-refractivity contribution in [2.75, 3.05) is 13.1 Å². The molecule has 12 heavy (non-hydrogen) atoms. The number of hydrogen-bond acceptors (Lipinski definition) is 3. The largest absolute Gasteiger partial charge is 0.321 e. The van der Waals surface area contributed by atoms with Gasteiger partial charge in [-0.3, -0.25) is 4.79 Å². The maximum atomic E-state index is 10.9. The van der Waals surface area contributed by atoms with Gasteiger partial charge < -0.3 is 11.1 Å². The van der Waals surface area contributed by atoms with E-state index >= 15 is 0 Å². The number of rotatable bonds is 3. The van der Waals surface area contributed by atoms with Gasteiger partial charge in [0.15, 0.2) is 0 Å². The minimum atomic E-state index is -0.242. The Morgan fingerprint density at radius 3 is 2.67 bits per heavy atom. The lowest BCUT2D eigenvalue weighted by molar-refractivity contribution is -0.110. The number of nitrogens with one attached hydrogen (secondary N) is 1. The molecule has 1 heterocycles. The molecule has 0 aliphatic carbocycles. The van der Waals surface area contributed by atoms with Gasteiger partial charge >= 0.3 is 0 Å². The van der Waals surface area contributed by atoms with E-state index in [4.69, 9.17) is 5.73 Å². The summed E-state index contributed by atoms with van der Waals surface area (Å²) in [4.78, 5) is 10.9. The molecule has 0 aromatic heterocycles. The fourth-order valence-corrected chi connectivity index (χ4v) is 1.82. The van der Waals surface area contributed by atoms with Crippen LogP contribution in [0.25, 0.3) is 0 Å². The van der Waals surface area contributed by atoms with Gasteiger partial charge in [0, 0.05) is 22.6 Å². The van der Waals surface area contributed by atoms with Gasteiger partial charge in [-0.15, -0.1) is 0 Å². The fourth-order valence-electron chi connectivity index (χ4n) is 1.57. The molecule has 0 spiro atoms. The minimum absolute atomic E-state index is 0.0890. The Kier molecular flexibility index (Phi) is 4.45. The number of carbonyl (C=O) groups excluding carboxylic acids is 1. The van der Waals surface area contributed by atoms with Crippen LogP contribution in [-0.4, -0.2) is 22.9 Å². The molecule has 1 aliphatic heterocycles. The summed E-state index contributed by atoms with van der Waals surface area (Å²) in [7, 11) is 0. The van der Waals surface area contributed by atoms with Crippen molar-refractivity contribution in [3.8, 4) is 0 Å². The minimum Gasteiger partial charge on any atom is -0.321 e. The Labute approximate surface area is 86.6 Å². The third kappa shape index (κ3) is 3.37. The van der Waals surface area contributed by atoms with Crippen LogP contribution in [0.15, 0.2) is 0 Å². The molecule has 0 bridgehead atoms. The number of nitrogens with two attached hydrogens (primary N) is 1. The Balaban J connectivity index is 2.24. The van der Waals surface area contributed by atoms with Crippen LogP contribution in [0.5, 0.6) is 0 Å². The standard InChI is InChI=1S/C8H15IN2O/c9-8(12)7(10)5-6-1-3-11-4-2-6/h6-7,11H,1-5,10H2/t7-/m0/s1. The summed E-state index contributed by atoms with van der Waals surface area (Å²) < 4.78 is 0.0890. The lowest BCUT2D eigenvalue weighted by atomic mass is 9.92. The predicted octanol–water partition coefficient (Wildman–Crippen LogP) is 0.665. The third-order valence-electron chi connectivity index (χ3n) is 2.34. The van der Waals surface area contributed by atoms with E-state index in [1.54, 1.807) is 22.6 Å². The second-order valence-electron chi connectivity index (χ2n) is 3.34. The van der Waals surface area contributed by atoms with Crippen LogP contribution < -0.4 is 11.1 Å². The summed E-state index contributed by atoms with van der Waals surface area (Å²) in [6, 6.07) is -0.242. The highest BCUT2D eigenvalue weighted by atomic mass is 127. The molecule has 70 valence electrons. The first kappa shape index (κ1) is 10.4. The number of halogens is 1. The first-order valence-corrected chi connectivity index (χ1v) is 5.43. The molecular formula is C8H15IN2O. The van der Waals surface area contributed by atoms with Crippen molar-refractivity contribution >= 4 is 26.4 Å². The van der Waals surface area contributed by atoms with Gasteiger partial charge in [0.1, 0.15) is 0 Å². The molecule has 1 rings (SSSR count). The van der Waals surface area contributed by atoms with Crippen molar-refractivity contribution < 1.29 is 4.79 Å². The van der Waals surface area contributed by atoms with Gasteiger partial charge in [0.05, 0.1) is 6.04 Å². The zero-order valence-electron chi connectivity index (χ0n) is 7.05. The highest BCUT2D eigenvalue weighted by Crippen LogP contribution is 2.18. The second kappa shape index (κ2) is 5.14. The van der Waals surface area contributed by atoms with E-state index in [0.717, 1.165) is 32.4 Å². The third-order valence-corrected chi connectivity index (χ3v) is 3.14. The summed E-state index contributed by atoms with van der Waals surface area (Å²) in [6.45, 7) is 2.15. The van der Waals surface area contributed by atoms with Gasteiger partial charge in [-0.25, -0.2) is 0 Å². The zero-order valence-corrected chi connectivity index (χ0v) is 9.21. The lowest BCUT2D eigenvalue weighted by Gasteiger charge is -2.23. The molecule has 3 nitrogen and oxygen atoms in total. The van der Waals surface area contributed by atoms with Crippen molar-refractivity contribution in [2.24, 2.45) is 11.7 Å². The van der Waals surface area contributed by atoms with Crippen LogP contribution in [0.4, 0.5) is 0 Å². The normalized spacial score (nSPS) is 22.2. The smallest absolute Gasteiger partial charge is 0.208 e. The van der Waals surface area contributed by atoms with Crippen LogP contribution in [0, 0.1) is 5.92 Å². The Bertz CT molecular complexity index is 157. The highest BCUT2D eigenvalue weighted by Gasteiger charge is 2.19. The molecule has 3 N–H and O–H groups in total. The van der Waals surface area contributed by atoms with E-state index in [-0.39, 0.29) is 9.83 Å². The molecule has 1 saturated heterocycles. The molecule has 1 fully saturated rings. The molecule has 0 amide bonds. The lowest BCUT2D eigenvalue weighted by Crippen LogP contribution is -2.34. The molecule has 0 saturated carbocycles. The molecule has 1 aliphatic rings. The molecule has 0 aromatic carbocycles. The number of carbonyl (C=O) groups is 1. The van der Waals surface area contributed by atoms with E-state index in [2.05, 4.69) is 5.32 Å². The topological polar surface area (TPSA) is 55.1 Å². The quantitative estimate of drug-likeness (QED) is 0.591. The summed E-state index contributed by atoms with van der Waals surface area (Å²) in [5.41, 5.74) is 5.67. The number of piperidine rings is 1. The summed E-state index contributed by atoms with van der Waals surface area (Å²) in [5.74, 6) is 0.653. The van der Waals surface area contributed by atoms with Crippen molar-refractivity contribution in [2.45, 2.75) is 25.3 Å². The first-order chi connectivity index (χ1) is 5.70. The van der Waals surface area contributed by atoms with Crippen LogP contribution >= 0.6 is 22.6 Å². The van der Waals surface area contributed by atoms with Crippen molar-refractivity contribution in [1.29, 1.82) is 0 Å². The maximum absolute atomic E-state index is 10.9. The maximum Gasteiger partial charge on any atom is 0.208 e. The van der Waals surface area contributed by atoms with Gasteiger partial charge in [-0.2, -0.15) is 0 Å². The number of hydrogen-bond donors (Lipinski definition) is 2. The van der Waals surface area contributed by atoms with Gasteiger partial charge in [-0.05, 0) is 38.3 Å². The van der Waals surface area contributed by atoms with Gasteiger partial charge in [-0.1, -0.05) is 0 Å². The molecule has 4 heteroatoms. The van der Waals surface area contributed by atoms with Crippen LogP contribution in [0.2, 0.25) is 0 Å². The summed E-state index contributed by atoms with van der Waals surface area (Å²) in [6.07, 6.45) is 3.19. The summed E-state index contributed by atoms with van der Waals surface area (Å²) >= 11 is 1.79. The monoisotopic (exact) mass is 282 g/mol. The molecule has 0 unspecified atom stereocenters. The van der Waals surface area contributed by atoms with E-state index in [1.807, 2.05) is 0 Å². The molecule has 0 radical (unpaired) electrons. The predicted molar refractivity (Wildman–Crippen MR) is 57.2 cm³/mol. The SMILES string of the molecule is N[C@@H](CC1CCNCC1)C(=O)I. The van der Waals surface area contributed by atoms with Crippen LogP contribution in [0.3, 0.4) is 0 Å². The highest BCUT2D eigenvalue weighted by molar-refractivity contribution is 14.1. The van der Waals surface area contributed by atoms with E-state index in [1.165, 1.54) is 0 Å². The van der Waals surface area contributed by atoms with E-state index < -0.39 is 0 Å². The van der Waals surface area contributed by atoms with Crippen LogP contribution in [-0.2, 0) is 4.79 Å². The van der Waals surface area contributed by atoms with Crippen molar-refractivity contribution in [3.63, 3.8) is 0 Å². The van der Waals surface area contributed by atoms with Crippen LogP contribution in [0.1, 0.15) is 19.3 Å². The van der Waals surface area contributed by atoms with Gasteiger partial charge in [0.2, 0.25) is 3.79 Å². The van der Waals surface area contributed by atoms with E-state index in [9.17, 15) is 4.79 Å². The Morgan fingerprint density at radius 1 is 1.58 bits per heavy atom. The fraction of sp³-hybridized carbons (Fsp3) is 0.875. The second-order valence-corrected chi connectivity index (χ2v) is 4.40. The Morgan fingerprint density at radius 2 is 2.17 bits per heavy atom. The zero-order chi connectivity index (χ0) is 8.97. The molecule has 0 aromatic rings. The first-order valence-electron chi connectivity index (χ1n) is 4.36. The average molecular weight is 282 g/mol. The molecule has 1 atom stereocenters. The van der Waals surface area contributed by atoms with Crippen molar-refractivity contribution in [3.05, 3.63) is 0 Å². The van der Waals surface area contributed by atoms with Gasteiger partial charge in [0.25, 0.3) is 0 Å². The van der Waals surface area contributed by atoms with Crippen molar-refractivity contribution in [1.82, 2.24) is 5.32 Å².